The molecule has 0 radical (unpaired) electrons. The van der Waals surface area contributed by atoms with E-state index in [2.05, 4.69) is 19.7 Å². The number of pyridine rings is 1. The van der Waals surface area contributed by atoms with Crippen LogP contribution in [0.1, 0.15) is 25.7 Å². The van der Waals surface area contributed by atoms with E-state index in [0.29, 0.717) is 11.9 Å². The van der Waals surface area contributed by atoms with Crippen molar-refractivity contribution in [2.24, 2.45) is 11.7 Å². The third-order valence-electron chi connectivity index (χ3n) is 6.43. The average molecular weight is 460 g/mol. The number of aromatic nitrogens is 1. The molecule has 1 amide bonds. The molecule has 0 unspecified atom stereocenters. The number of amides is 1. The minimum absolute atomic E-state index is 0. The SMILES string of the molecule is Cl.Cl.N[C@H]1CC[C@@H](C(=O)N2CCN(c3ccccn3)CC2)CN(C2CCOCC2)C1. The number of hydrogen-bond donors (Lipinski definition) is 1. The number of carbonyl (C=O) groups excluding carboxylic acids is 1. The first-order chi connectivity index (χ1) is 13.7. The predicted molar refractivity (Wildman–Crippen MR) is 124 cm³/mol. The summed E-state index contributed by atoms with van der Waals surface area (Å²) in [5, 5.41) is 0. The Morgan fingerprint density at radius 3 is 2.40 bits per heavy atom. The lowest BCUT2D eigenvalue weighted by Gasteiger charge is -2.39. The molecule has 4 rings (SSSR count). The number of halogens is 2. The highest BCUT2D eigenvalue weighted by molar-refractivity contribution is 5.85. The molecule has 3 aliphatic heterocycles. The molecule has 30 heavy (non-hydrogen) atoms. The Balaban J connectivity index is 0.00000160. The second kappa shape index (κ2) is 12.1. The lowest BCUT2D eigenvalue weighted by Crippen LogP contribution is -2.52. The minimum atomic E-state index is 0. The van der Waals surface area contributed by atoms with E-state index in [1.54, 1.807) is 0 Å². The zero-order valence-corrected chi connectivity index (χ0v) is 19.2. The van der Waals surface area contributed by atoms with Gasteiger partial charge in [0.25, 0.3) is 0 Å². The summed E-state index contributed by atoms with van der Waals surface area (Å²) in [6.07, 6.45) is 5.77. The molecule has 7 nitrogen and oxygen atoms in total. The molecule has 2 atom stereocenters. The van der Waals surface area contributed by atoms with Gasteiger partial charge in [0.2, 0.25) is 5.91 Å². The Morgan fingerprint density at radius 1 is 1.00 bits per heavy atom. The topological polar surface area (TPSA) is 74.9 Å². The fraction of sp³-hybridized carbons (Fsp3) is 0.714. The number of piperazine rings is 1. The smallest absolute Gasteiger partial charge is 0.227 e. The fourth-order valence-corrected chi connectivity index (χ4v) is 4.76. The van der Waals surface area contributed by atoms with Crippen LogP contribution in [-0.4, -0.2) is 85.3 Å². The van der Waals surface area contributed by atoms with Gasteiger partial charge >= 0.3 is 0 Å². The Labute approximate surface area is 192 Å². The number of likely N-dealkylation sites (tertiary alicyclic amines) is 1. The quantitative estimate of drug-likeness (QED) is 0.742. The van der Waals surface area contributed by atoms with Gasteiger partial charge in [0, 0.05) is 70.8 Å². The Hall–Kier alpha value is -1.12. The third kappa shape index (κ3) is 6.20. The zero-order chi connectivity index (χ0) is 19.3. The number of carbonyl (C=O) groups is 1. The molecule has 0 saturated carbocycles. The number of ether oxygens (including phenoxy) is 1. The molecule has 0 aromatic carbocycles. The maximum Gasteiger partial charge on any atom is 0.227 e. The Morgan fingerprint density at radius 2 is 1.73 bits per heavy atom. The van der Waals surface area contributed by atoms with E-state index in [1.807, 2.05) is 24.4 Å². The highest BCUT2D eigenvalue weighted by Crippen LogP contribution is 2.24. The normalized spacial score (nSPS) is 26.3. The van der Waals surface area contributed by atoms with Crippen LogP contribution in [0, 0.1) is 5.92 Å². The van der Waals surface area contributed by atoms with Gasteiger partial charge < -0.3 is 20.3 Å². The summed E-state index contributed by atoms with van der Waals surface area (Å²) in [6.45, 7) is 6.64. The van der Waals surface area contributed by atoms with Crippen molar-refractivity contribution in [2.75, 3.05) is 57.4 Å². The molecule has 0 spiro atoms. The minimum Gasteiger partial charge on any atom is -0.381 e. The maximum atomic E-state index is 13.3. The molecule has 170 valence electrons. The monoisotopic (exact) mass is 459 g/mol. The molecule has 9 heteroatoms. The van der Waals surface area contributed by atoms with Crippen LogP contribution < -0.4 is 10.6 Å². The van der Waals surface area contributed by atoms with Gasteiger partial charge in [-0.25, -0.2) is 4.98 Å². The van der Waals surface area contributed by atoms with Gasteiger partial charge in [-0.05, 0) is 37.8 Å². The highest BCUT2D eigenvalue weighted by atomic mass is 35.5. The average Bonchev–Trinajstić information content (AvgIpc) is 2.96. The standard InChI is InChI=1S/C21H33N5O2.2ClH/c22-18-5-4-17(15-26(16-18)19-6-13-28-14-7-19)21(27)25-11-9-24(10-12-25)20-3-1-2-8-23-20;;/h1-3,8,17-19H,4-7,9-16,22H2;2*1H/t17-,18+;;/m1../s1. The highest BCUT2D eigenvalue weighted by Gasteiger charge is 2.34. The largest absolute Gasteiger partial charge is 0.381 e. The molecular weight excluding hydrogens is 425 g/mol. The van der Waals surface area contributed by atoms with Crippen molar-refractivity contribution in [3.8, 4) is 0 Å². The van der Waals surface area contributed by atoms with Gasteiger partial charge in [-0.1, -0.05) is 6.07 Å². The van der Waals surface area contributed by atoms with Crippen LogP contribution in [0.4, 0.5) is 5.82 Å². The van der Waals surface area contributed by atoms with Crippen molar-refractivity contribution in [3.63, 3.8) is 0 Å². The lowest BCUT2D eigenvalue weighted by atomic mass is 9.99. The number of nitrogens with two attached hydrogens (primary N) is 1. The van der Waals surface area contributed by atoms with Gasteiger partial charge in [0.1, 0.15) is 5.82 Å². The first-order valence-electron chi connectivity index (χ1n) is 10.7. The van der Waals surface area contributed by atoms with Crippen molar-refractivity contribution in [1.29, 1.82) is 0 Å². The second-order valence-corrected chi connectivity index (χ2v) is 8.33. The summed E-state index contributed by atoms with van der Waals surface area (Å²) in [5.41, 5.74) is 6.34. The van der Waals surface area contributed by atoms with Crippen LogP contribution in [0.15, 0.2) is 24.4 Å². The van der Waals surface area contributed by atoms with Crippen LogP contribution in [0.25, 0.3) is 0 Å². The van der Waals surface area contributed by atoms with E-state index in [0.717, 1.165) is 84.0 Å². The first-order valence-corrected chi connectivity index (χ1v) is 10.7. The second-order valence-electron chi connectivity index (χ2n) is 8.33. The number of nitrogens with zero attached hydrogens (tertiary/aromatic N) is 4. The van der Waals surface area contributed by atoms with Crippen molar-refractivity contribution in [1.82, 2.24) is 14.8 Å². The van der Waals surface area contributed by atoms with E-state index in [4.69, 9.17) is 10.5 Å². The van der Waals surface area contributed by atoms with Crippen molar-refractivity contribution in [3.05, 3.63) is 24.4 Å². The van der Waals surface area contributed by atoms with Gasteiger partial charge in [0.05, 0.1) is 5.92 Å². The first kappa shape index (κ1) is 25.1. The van der Waals surface area contributed by atoms with Crippen LogP contribution in [0.2, 0.25) is 0 Å². The van der Waals surface area contributed by atoms with Gasteiger partial charge in [-0.15, -0.1) is 24.8 Å². The summed E-state index contributed by atoms with van der Waals surface area (Å²) in [4.78, 5) is 24.5. The number of anilines is 1. The fourth-order valence-electron chi connectivity index (χ4n) is 4.76. The molecule has 3 fully saturated rings. The van der Waals surface area contributed by atoms with E-state index in [9.17, 15) is 4.79 Å². The van der Waals surface area contributed by atoms with Gasteiger partial charge in [0.15, 0.2) is 0 Å². The van der Waals surface area contributed by atoms with E-state index in [-0.39, 0.29) is 36.8 Å². The Bertz CT molecular complexity index is 640. The van der Waals surface area contributed by atoms with Crippen molar-refractivity contribution >= 4 is 36.5 Å². The van der Waals surface area contributed by atoms with E-state index >= 15 is 0 Å². The third-order valence-corrected chi connectivity index (χ3v) is 6.43. The van der Waals surface area contributed by atoms with Crippen LogP contribution in [0.3, 0.4) is 0 Å². The van der Waals surface area contributed by atoms with E-state index < -0.39 is 0 Å². The van der Waals surface area contributed by atoms with Crippen LogP contribution in [-0.2, 0) is 9.53 Å². The van der Waals surface area contributed by atoms with Crippen LogP contribution >= 0.6 is 24.8 Å². The van der Waals surface area contributed by atoms with E-state index in [1.165, 1.54) is 0 Å². The summed E-state index contributed by atoms with van der Waals surface area (Å²) >= 11 is 0. The molecule has 0 aliphatic carbocycles. The molecule has 0 bridgehead atoms. The van der Waals surface area contributed by atoms with Crippen molar-refractivity contribution in [2.45, 2.75) is 37.8 Å². The summed E-state index contributed by atoms with van der Waals surface area (Å²) < 4.78 is 5.52. The van der Waals surface area contributed by atoms with Gasteiger partial charge in [-0.3, -0.25) is 9.69 Å². The summed E-state index contributed by atoms with van der Waals surface area (Å²) in [7, 11) is 0. The molecule has 3 aliphatic rings. The molecule has 1 aromatic rings. The Kier molecular flexibility index (Phi) is 10.1. The number of rotatable bonds is 3. The molecule has 4 heterocycles. The van der Waals surface area contributed by atoms with Gasteiger partial charge in [-0.2, -0.15) is 0 Å². The number of hydrogen-bond acceptors (Lipinski definition) is 6. The molecule has 1 aromatic heterocycles. The van der Waals surface area contributed by atoms with Crippen LogP contribution in [0.5, 0.6) is 0 Å². The molecule has 2 N–H and O–H groups in total. The van der Waals surface area contributed by atoms with Crippen molar-refractivity contribution < 1.29 is 9.53 Å². The predicted octanol–water partition coefficient (Wildman–Crippen LogP) is 1.79. The molecule has 3 saturated heterocycles. The maximum absolute atomic E-state index is 13.3. The summed E-state index contributed by atoms with van der Waals surface area (Å²) in [5.74, 6) is 1.38. The lowest BCUT2D eigenvalue weighted by molar-refractivity contribution is -0.136. The zero-order valence-electron chi connectivity index (χ0n) is 17.5. The summed E-state index contributed by atoms with van der Waals surface area (Å²) in [6, 6.07) is 6.66. The molecular formula is C21H35Cl2N5O2.